The summed E-state index contributed by atoms with van der Waals surface area (Å²) in [5.74, 6) is -0.657. The Hall–Kier alpha value is -1.61. The summed E-state index contributed by atoms with van der Waals surface area (Å²) in [4.78, 5) is 11.4. The van der Waals surface area contributed by atoms with E-state index >= 15 is 0 Å². The third kappa shape index (κ3) is 2.49. The Bertz CT molecular complexity index is 397. The van der Waals surface area contributed by atoms with E-state index in [1.54, 1.807) is 0 Å². The van der Waals surface area contributed by atoms with Crippen LogP contribution in [0.5, 0.6) is 0 Å². The number of aliphatic hydroxyl groups is 1. The van der Waals surface area contributed by atoms with E-state index in [0.29, 0.717) is 0 Å². The lowest BCUT2D eigenvalue weighted by atomic mass is 10.2. The Morgan fingerprint density at radius 1 is 1.50 bits per heavy atom. The van der Waals surface area contributed by atoms with Gasteiger partial charge in [0.2, 0.25) is 0 Å². The topological polar surface area (TPSA) is 46.5 Å². The molecule has 1 aromatic rings. The summed E-state index contributed by atoms with van der Waals surface area (Å²) in [5, 5.41) is 9.57. The first-order chi connectivity index (χ1) is 7.68. The lowest BCUT2D eigenvalue weighted by molar-refractivity contribution is -0.155. The third-order valence-corrected chi connectivity index (χ3v) is 2.69. The molecule has 0 bridgehead atoms. The quantitative estimate of drug-likeness (QED) is 0.617. The van der Waals surface area contributed by atoms with Gasteiger partial charge in [0.05, 0.1) is 0 Å². The van der Waals surface area contributed by atoms with Crippen molar-refractivity contribution in [3.05, 3.63) is 48.0 Å². The molecule has 2 atom stereocenters. The van der Waals surface area contributed by atoms with Gasteiger partial charge in [0, 0.05) is 5.92 Å². The van der Waals surface area contributed by atoms with Crippen molar-refractivity contribution in [2.45, 2.75) is 19.1 Å². The molecule has 0 spiro atoms. The van der Waals surface area contributed by atoms with Crippen LogP contribution in [-0.4, -0.2) is 17.2 Å². The van der Waals surface area contributed by atoms with Crippen molar-refractivity contribution in [2.75, 3.05) is 0 Å². The van der Waals surface area contributed by atoms with Gasteiger partial charge in [0.1, 0.15) is 6.61 Å². The molecule has 0 heterocycles. The highest BCUT2D eigenvalue weighted by Crippen LogP contribution is 2.39. The van der Waals surface area contributed by atoms with Gasteiger partial charge < -0.3 is 9.84 Å². The Morgan fingerprint density at radius 3 is 2.69 bits per heavy atom. The summed E-state index contributed by atoms with van der Waals surface area (Å²) in [6.45, 7) is 3.91. The highest BCUT2D eigenvalue weighted by Gasteiger charge is 2.39. The minimum absolute atomic E-state index is 0.0942. The van der Waals surface area contributed by atoms with Crippen LogP contribution in [0.15, 0.2) is 42.5 Å². The van der Waals surface area contributed by atoms with E-state index in [1.807, 2.05) is 30.3 Å². The average Bonchev–Trinajstić information content (AvgIpc) is 3.03. The Kier molecular flexibility index (Phi) is 3.06. The summed E-state index contributed by atoms with van der Waals surface area (Å²) >= 11 is 0. The molecule has 0 saturated heterocycles. The molecule has 84 valence electrons. The summed E-state index contributed by atoms with van der Waals surface area (Å²) in [6.07, 6.45) is -0.321. The number of hydrogen-bond acceptors (Lipinski definition) is 3. The first kappa shape index (κ1) is 10.9. The number of aliphatic hydroxyl groups excluding tert-OH is 1. The molecule has 0 aromatic heterocycles. The van der Waals surface area contributed by atoms with Crippen molar-refractivity contribution in [2.24, 2.45) is 5.92 Å². The molecule has 1 N–H and O–H groups in total. The van der Waals surface area contributed by atoms with Crippen LogP contribution in [0.2, 0.25) is 0 Å². The van der Waals surface area contributed by atoms with E-state index in [1.165, 1.54) is 0 Å². The smallest absolute Gasteiger partial charge is 0.335 e. The van der Waals surface area contributed by atoms with Crippen LogP contribution in [0.3, 0.4) is 0 Å². The summed E-state index contributed by atoms with van der Waals surface area (Å²) in [7, 11) is 0. The fraction of sp³-hybridized carbons (Fsp3) is 0.308. The zero-order valence-electron chi connectivity index (χ0n) is 8.93. The molecule has 3 nitrogen and oxygen atoms in total. The van der Waals surface area contributed by atoms with E-state index in [-0.39, 0.29) is 12.5 Å². The Balaban J connectivity index is 1.82. The largest absolute Gasteiger partial charge is 0.459 e. The zero-order chi connectivity index (χ0) is 11.5. The fourth-order valence-corrected chi connectivity index (χ4v) is 1.54. The second kappa shape index (κ2) is 4.49. The van der Waals surface area contributed by atoms with Crippen LogP contribution in [-0.2, 0) is 16.1 Å². The molecule has 2 rings (SSSR count). The molecule has 0 amide bonds. The normalized spacial score (nSPS) is 20.3. The molecular formula is C13H14O3. The highest BCUT2D eigenvalue weighted by atomic mass is 16.5. The van der Waals surface area contributed by atoms with Crippen molar-refractivity contribution in [3.63, 3.8) is 0 Å². The third-order valence-electron chi connectivity index (χ3n) is 2.69. The van der Waals surface area contributed by atoms with Crippen LogP contribution in [0.1, 0.15) is 12.0 Å². The maximum absolute atomic E-state index is 11.4. The predicted octanol–water partition coefficient (Wildman–Crippen LogP) is 1.67. The molecular weight excluding hydrogens is 204 g/mol. The minimum Gasteiger partial charge on any atom is -0.459 e. The molecule has 0 radical (unpaired) electrons. The Labute approximate surface area is 94.4 Å². The molecule has 1 aromatic carbocycles. The number of benzene rings is 1. The maximum atomic E-state index is 11.4. The number of hydrogen-bond donors (Lipinski definition) is 1. The first-order valence-electron chi connectivity index (χ1n) is 5.25. The molecule has 1 aliphatic carbocycles. The van der Waals surface area contributed by atoms with Gasteiger partial charge in [-0.25, -0.2) is 4.79 Å². The van der Waals surface area contributed by atoms with Crippen molar-refractivity contribution in [1.29, 1.82) is 0 Å². The summed E-state index contributed by atoms with van der Waals surface area (Å²) < 4.78 is 5.01. The molecule has 1 aliphatic rings. The van der Waals surface area contributed by atoms with Crippen LogP contribution in [0.25, 0.3) is 0 Å². The van der Waals surface area contributed by atoms with Gasteiger partial charge in [-0.3, -0.25) is 0 Å². The summed E-state index contributed by atoms with van der Waals surface area (Å²) in [6, 6.07) is 9.39. The minimum atomic E-state index is -1.05. The molecule has 1 fully saturated rings. The van der Waals surface area contributed by atoms with Crippen molar-refractivity contribution >= 4 is 5.97 Å². The SMILES string of the molecule is C=C1C[C@H]1[C@@H](O)C(=O)OCc1ccccc1. The van der Waals surface area contributed by atoms with Gasteiger partial charge in [0.25, 0.3) is 0 Å². The van der Waals surface area contributed by atoms with Gasteiger partial charge in [-0.15, -0.1) is 0 Å². The number of ether oxygens (including phenoxy) is 1. The molecule has 3 heteroatoms. The zero-order valence-corrected chi connectivity index (χ0v) is 8.93. The first-order valence-corrected chi connectivity index (χ1v) is 5.25. The number of esters is 1. The van der Waals surface area contributed by atoms with Crippen LogP contribution in [0.4, 0.5) is 0 Å². The average molecular weight is 218 g/mol. The van der Waals surface area contributed by atoms with E-state index in [0.717, 1.165) is 17.6 Å². The van der Waals surface area contributed by atoms with E-state index in [9.17, 15) is 9.90 Å². The highest BCUT2D eigenvalue weighted by molar-refractivity contribution is 5.76. The van der Waals surface area contributed by atoms with Crippen molar-refractivity contribution in [1.82, 2.24) is 0 Å². The fourth-order valence-electron chi connectivity index (χ4n) is 1.54. The number of carbonyl (C=O) groups excluding carboxylic acids is 1. The van der Waals surface area contributed by atoms with Gasteiger partial charge in [-0.1, -0.05) is 42.5 Å². The van der Waals surface area contributed by atoms with E-state index < -0.39 is 12.1 Å². The number of carbonyl (C=O) groups is 1. The van der Waals surface area contributed by atoms with Crippen LogP contribution >= 0.6 is 0 Å². The van der Waals surface area contributed by atoms with Crippen LogP contribution < -0.4 is 0 Å². The lowest BCUT2D eigenvalue weighted by Gasteiger charge is -2.09. The van der Waals surface area contributed by atoms with E-state index in [4.69, 9.17) is 4.74 Å². The van der Waals surface area contributed by atoms with Crippen molar-refractivity contribution < 1.29 is 14.6 Å². The molecule has 0 unspecified atom stereocenters. The van der Waals surface area contributed by atoms with Gasteiger partial charge in [-0.05, 0) is 12.0 Å². The lowest BCUT2D eigenvalue weighted by Crippen LogP contribution is -2.25. The second-order valence-electron chi connectivity index (χ2n) is 4.01. The standard InChI is InChI=1S/C13H14O3/c1-9-7-11(9)12(14)13(15)16-8-10-5-3-2-4-6-10/h2-6,11-12,14H,1,7-8H2/t11-,12-/m1/s1. The predicted molar refractivity (Wildman–Crippen MR) is 59.5 cm³/mol. The molecule has 1 saturated carbocycles. The monoisotopic (exact) mass is 218 g/mol. The van der Waals surface area contributed by atoms with Gasteiger partial charge in [-0.2, -0.15) is 0 Å². The van der Waals surface area contributed by atoms with Gasteiger partial charge in [0.15, 0.2) is 6.10 Å². The maximum Gasteiger partial charge on any atom is 0.335 e. The van der Waals surface area contributed by atoms with Crippen molar-refractivity contribution in [3.8, 4) is 0 Å². The molecule has 16 heavy (non-hydrogen) atoms. The van der Waals surface area contributed by atoms with Crippen LogP contribution in [0, 0.1) is 5.92 Å². The van der Waals surface area contributed by atoms with Gasteiger partial charge >= 0.3 is 5.97 Å². The summed E-state index contributed by atoms with van der Waals surface area (Å²) in [5.41, 5.74) is 1.84. The second-order valence-corrected chi connectivity index (χ2v) is 4.01. The molecule has 0 aliphatic heterocycles. The van der Waals surface area contributed by atoms with E-state index in [2.05, 4.69) is 6.58 Å². The Morgan fingerprint density at radius 2 is 2.12 bits per heavy atom. The number of rotatable bonds is 4.